The van der Waals surface area contributed by atoms with Gasteiger partial charge >= 0.3 is 5.97 Å². The van der Waals surface area contributed by atoms with Crippen LogP contribution in [0.1, 0.15) is 33.3 Å². The molecule has 3 aliphatic carbocycles. The van der Waals surface area contributed by atoms with Crippen molar-refractivity contribution in [1.29, 1.82) is 0 Å². The van der Waals surface area contributed by atoms with Crippen LogP contribution in [-0.4, -0.2) is 27.0 Å². The zero-order valence-electron chi connectivity index (χ0n) is 17.9. The van der Waals surface area contributed by atoms with Crippen molar-refractivity contribution >= 4 is 19.9 Å². The first kappa shape index (κ1) is 19.7. The lowest BCUT2D eigenvalue weighted by Crippen LogP contribution is -2.45. The van der Waals surface area contributed by atoms with Crippen LogP contribution >= 0.6 is 0 Å². The van der Waals surface area contributed by atoms with Crippen molar-refractivity contribution in [1.82, 2.24) is 0 Å². The summed E-state index contributed by atoms with van der Waals surface area (Å²) < 4.78 is 12.4. The van der Waals surface area contributed by atoms with Gasteiger partial charge in [0, 0.05) is 29.2 Å². The van der Waals surface area contributed by atoms with Crippen molar-refractivity contribution in [3.63, 3.8) is 0 Å². The molecule has 2 bridgehead atoms. The lowest BCUT2D eigenvalue weighted by atomic mass is 9.61. The topological polar surface area (TPSA) is 35.5 Å². The smallest absolute Gasteiger partial charge is 0.334 e. The first-order chi connectivity index (χ1) is 13.2. The molecular formula is C24H32O3Si. The minimum absolute atomic E-state index is 0.144. The average Bonchev–Trinajstić information content (AvgIpc) is 3.06. The van der Waals surface area contributed by atoms with E-state index in [9.17, 15) is 4.79 Å². The summed E-state index contributed by atoms with van der Waals surface area (Å²) in [6.07, 6.45) is 4.82. The van der Waals surface area contributed by atoms with Crippen LogP contribution in [-0.2, 0) is 14.0 Å². The highest BCUT2D eigenvalue weighted by Gasteiger charge is 2.63. The second-order valence-corrected chi connectivity index (χ2v) is 14.6. The summed E-state index contributed by atoms with van der Waals surface area (Å²) in [4.78, 5) is 12.8. The molecule has 1 aromatic carbocycles. The lowest BCUT2D eigenvalue weighted by molar-refractivity contribution is -0.139. The van der Waals surface area contributed by atoms with Crippen LogP contribution in [0.3, 0.4) is 0 Å². The number of hydrogen-bond acceptors (Lipinski definition) is 3. The molecule has 4 heteroatoms. The minimum atomic E-state index is -1.89. The van der Waals surface area contributed by atoms with Gasteiger partial charge in [-0.15, -0.1) is 0 Å². The van der Waals surface area contributed by atoms with Crippen LogP contribution in [0.25, 0.3) is 5.57 Å². The average molecular weight is 397 g/mol. The molecule has 1 aromatic rings. The van der Waals surface area contributed by atoms with E-state index >= 15 is 0 Å². The maximum absolute atomic E-state index is 12.8. The summed E-state index contributed by atoms with van der Waals surface area (Å²) in [5.41, 5.74) is 3.22. The highest BCUT2D eigenvalue weighted by molar-refractivity contribution is 6.74. The molecule has 3 nitrogen and oxygen atoms in total. The SMILES string of the molecule is CCOC(=O)C1=C(c2ccccc2)[C@H]2[C@@H]3C=C[C@@H]([C@H]3O[Si](C)(C)C(C)(C)C)[C@@H]12. The van der Waals surface area contributed by atoms with Crippen LogP contribution < -0.4 is 0 Å². The predicted molar refractivity (Wildman–Crippen MR) is 115 cm³/mol. The molecule has 28 heavy (non-hydrogen) atoms. The van der Waals surface area contributed by atoms with E-state index in [0.29, 0.717) is 18.4 Å². The van der Waals surface area contributed by atoms with Gasteiger partial charge in [-0.1, -0.05) is 63.3 Å². The normalized spacial score (nSPS) is 31.0. The molecule has 0 spiro atoms. The molecule has 0 N–H and O–H groups in total. The van der Waals surface area contributed by atoms with E-state index in [1.54, 1.807) is 0 Å². The zero-order valence-corrected chi connectivity index (χ0v) is 18.9. The van der Waals surface area contributed by atoms with Gasteiger partial charge in [0.05, 0.1) is 12.7 Å². The third kappa shape index (κ3) is 2.84. The lowest BCUT2D eigenvalue weighted by Gasteiger charge is -2.41. The van der Waals surface area contributed by atoms with Gasteiger partial charge in [0.1, 0.15) is 0 Å². The van der Waals surface area contributed by atoms with E-state index in [2.05, 4.69) is 58.2 Å². The Bertz CT molecular complexity index is 831. The summed E-state index contributed by atoms with van der Waals surface area (Å²) in [5.74, 6) is 1.11. The van der Waals surface area contributed by atoms with Gasteiger partial charge in [-0.2, -0.15) is 0 Å². The van der Waals surface area contributed by atoms with Crippen molar-refractivity contribution in [3.8, 4) is 0 Å². The first-order valence-corrected chi connectivity index (χ1v) is 13.4. The molecule has 1 saturated carbocycles. The third-order valence-corrected chi connectivity index (χ3v) is 11.8. The number of rotatable bonds is 5. The van der Waals surface area contributed by atoms with Crippen LogP contribution in [0, 0.1) is 23.7 Å². The number of hydrogen-bond donors (Lipinski definition) is 0. The fraction of sp³-hybridized carbons (Fsp3) is 0.542. The van der Waals surface area contributed by atoms with Gasteiger partial charge in [0.15, 0.2) is 8.32 Å². The minimum Gasteiger partial charge on any atom is -0.463 e. The Labute approximate surface area is 169 Å². The summed E-state index contributed by atoms with van der Waals surface area (Å²) in [6, 6.07) is 10.3. The molecule has 0 heterocycles. The molecule has 3 aliphatic rings. The second kappa shape index (κ2) is 6.70. The molecule has 0 saturated heterocycles. The standard InChI is InChI=1S/C24H32O3Si/c1-7-26-23(25)21-18(15-11-9-8-10-12-15)19-16-13-14-17(20(19)21)22(16)27-28(5,6)24(2,3)4/h8-14,16-17,19-20,22H,7H2,1-6H3/t16-,17+,19+,20+,22-/m0/s1. The Kier molecular flexibility index (Phi) is 4.70. The highest BCUT2D eigenvalue weighted by Crippen LogP contribution is 2.65. The monoisotopic (exact) mass is 396 g/mol. The quantitative estimate of drug-likeness (QED) is 0.377. The largest absolute Gasteiger partial charge is 0.463 e. The Morgan fingerprint density at radius 3 is 2.21 bits per heavy atom. The van der Waals surface area contributed by atoms with E-state index in [4.69, 9.17) is 9.16 Å². The molecular weight excluding hydrogens is 364 g/mol. The van der Waals surface area contributed by atoms with Crippen LogP contribution in [0.2, 0.25) is 18.1 Å². The Morgan fingerprint density at radius 1 is 1.04 bits per heavy atom. The molecule has 0 amide bonds. The molecule has 150 valence electrons. The highest BCUT2D eigenvalue weighted by atomic mass is 28.4. The zero-order chi connectivity index (χ0) is 20.3. The van der Waals surface area contributed by atoms with E-state index in [1.807, 2.05) is 25.1 Å². The number of carbonyl (C=O) groups excluding carboxylic acids is 1. The molecule has 1 fully saturated rings. The number of benzene rings is 1. The summed E-state index contributed by atoms with van der Waals surface area (Å²) in [5, 5.41) is 0.174. The fourth-order valence-electron chi connectivity index (χ4n) is 4.96. The maximum atomic E-state index is 12.8. The predicted octanol–water partition coefficient (Wildman–Crippen LogP) is 5.46. The van der Waals surface area contributed by atoms with E-state index in [-0.39, 0.29) is 28.9 Å². The summed E-state index contributed by atoms with van der Waals surface area (Å²) in [6.45, 7) is 13.8. The van der Waals surface area contributed by atoms with Crippen LogP contribution in [0.15, 0.2) is 48.1 Å². The fourth-order valence-corrected chi connectivity index (χ4v) is 6.31. The van der Waals surface area contributed by atoms with Gasteiger partial charge in [0.25, 0.3) is 0 Å². The van der Waals surface area contributed by atoms with Gasteiger partial charge in [0.2, 0.25) is 0 Å². The van der Waals surface area contributed by atoms with Crippen molar-refractivity contribution in [2.75, 3.05) is 6.61 Å². The van der Waals surface area contributed by atoms with E-state index < -0.39 is 8.32 Å². The first-order valence-electron chi connectivity index (χ1n) is 10.5. The van der Waals surface area contributed by atoms with Crippen molar-refractivity contribution in [2.24, 2.45) is 23.7 Å². The maximum Gasteiger partial charge on any atom is 0.334 e. The number of carbonyl (C=O) groups is 1. The van der Waals surface area contributed by atoms with Crippen LogP contribution in [0.4, 0.5) is 0 Å². The summed E-state index contributed by atoms with van der Waals surface area (Å²) >= 11 is 0. The number of ether oxygens (including phenoxy) is 1. The Hall–Kier alpha value is -1.65. The Morgan fingerprint density at radius 2 is 1.64 bits per heavy atom. The molecule has 0 aromatic heterocycles. The summed E-state index contributed by atoms with van der Waals surface area (Å²) in [7, 11) is -1.89. The van der Waals surface area contributed by atoms with E-state index in [0.717, 1.165) is 11.1 Å². The van der Waals surface area contributed by atoms with Gasteiger partial charge < -0.3 is 9.16 Å². The van der Waals surface area contributed by atoms with Crippen molar-refractivity contribution < 1.29 is 14.0 Å². The van der Waals surface area contributed by atoms with Gasteiger partial charge in [-0.05, 0) is 36.2 Å². The van der Waals surface area contributed by atoms with E-state index in [1.165, 1.54) is 5.57 Å². The van der Waals surface area contributed by atoms with Crippen LogP contribution in [0.5, 0.6) is 0 Å². The molecule has 5 atom stereocenters. The Balaban J connectivity index is 1.69. The molecule has 0 unspecified atom stereocenters. The second-order valence-electron chi connectivity index (χ2n) is 9.85. The van der Waals surface area contributed by atoms with Crippen molar-refractivity contribution in [3.05, 3.63) is 53.6 Å². The number of esters is 1. The van der Waals surface area contributed by atoms with Gasteiger partial charge in [-0.3, -0.25) is 0 Å². The molecule has 4 rings (SSSR count). The third-order valence-electron chi connectivity index (χ3n) is 7.30. The molecule has 0 radical (unpaired) electrons. The number of fused-ring (bicyclic) bond motifs is 5. The number of allylic oxidation sites excluding steroid dienone is 1. The van der Waals surface area contributed by atoms with Crippen molar-refractivity contribution in [2.45, 2.75) is 51.9 Å². The molecule has 0 aliphatic heterocycles. The van der Waals surface area contributed by atoms with Gasteiger partial charge in [-0.25, -0.2) is 4.79 Å².